The van der Waals surface area contributed by atoms with Crippen molar-refractivity contribution in [1.29, 1.82) is 0 Å². The number of hydrogen-bond acceptors (Lipinski definition) is 4. The van der Waals surface area contributed by atoms with Gasteiger partial charge in [0.15, 0.2) is 5.96 Å². The van der Waals surface area contributed by atoms with Crippen molar-refractivity contribution in [1.82, 2.24) is 14.9 Å². The van der Waals surface area contributed by atoms with E-state index < -0.39 is 10.0 Å². The Labute approximate surface area is 174 Å². The molecule has 1 heterocycles. The number of nitrogens with zero attached hydrogens (tertiary/aromatic N) is 2. The number of sulfonamides is 1. The minimum atomic E-state index is -3.20. The summed E-state index contributed by atoms with van der Waals surface area (Å²) in [7, 11) is -1.44. The van der Waals surface area contributed by atoms with Crippen LogP contribution in [0.25, 0.3) is 0 Å². The summed E-state index contributed by atoms with van der Waals surface area (Å²) >= 11 is 2.02. The normalized spacial score (nSPS) is 22.5. The number of thioether (sulfide) groups is 1. The van der Waals surface area contributed by atoms with Gasteiger partial charge in [0.1, 0.15) is 0 Å². The van der Waals surface area contributed by atoms with E-state index in [0.29, 0.717) is 30.2 Å². The fourth-order valence-corrected chi connectivity index (χ4v) is 5.22. The number of halogens is 1. The summed E-state index contributed by atoms with van der Waals surface area (Å²) in [5, 5.41) is 3.82. The molecule has 2 N–H and O–H groups in total. The standard InChI is InChI=1S/C16H32N4O2S2.HI/c1-13(2)15-12-20(8-9-23-15)16(17-3)18-7-10-24(21,22)19-11-14-5-4-6-14;/h13-15,19H,4-12H2,1-3H3,(H,17,18);1H. The summed E-state index contributed by atoms with van der Waals surface area (Å²) in [5.41, 5.74) is 0. The molecule has 1 aliphatic heterocycles. The van der Waals surface area contributed by atoms with Crippen LogP contribution in [0.2, 0.25) is 0 Å². The first-order valence-corrected chi connectivity index (χ1v) is 11.7. The number of aliphatic imine (C=N–C) groups is 1. The molecule has 0 amide bonds. The second kappa shape index (κ2) is 11.2. The van der Waals surface area contributed by atoms with Gasteiger partial charge in [-0.3, -0.25) is 4.99 Å². The lowest BCUT2D eigenvalue weighted by Gasteiger charge is -2.36. The topological polar surface area (TPSA) is 73.8 Å². The van der Waals surface area contributed by atoms with Gasteiger partial charge in [0.2, 0.25) is 10.0 Å². The van der Waals surface area contributed by atoms with Crippen LogP contribution in [0.3, 0.4) is 0 Å². The molecule has 0 spiro atoms. The van der Waals surface area contributed by atoms with Crippen LogP contribution in [0.15, 0.2) is 4.99 Å². The maximum Gasteiger partial charge on any atom is 0.213 e. The molecule has 1 aliphatic carbocycles. The lowest BCUT2D eigenvalue weighted by atomic mass is 9.86. The molecule has 2 aliphatic rings. The Morgan fingerprint density at radius 1 is 1.36 bits per heavy atom. The molecular formula is C16H33IN4O2S2. The molecule has 0 aromatic carbocycles. The number of nitrogens with one attached hydrogen (secondary N) is 2. The van der Waals surface area contributed by atoms with Crippen LogP contribution in [0.5, 0.6) is 0 Å². The third kappa shape index (κ3) is 7.80. The van der Waals surface area contributed by atoms with Gasteiger partial charge < -0.3 is 10.2 Å². The first kappa shape index (κ1) is 23.3. The summed E-state index contributed by atoms with van der Waals surface area (Å²) in [6, 6.07) is 0. The SMILES string of the molecule is CN=C(NCCS(=O)(=O)NCC1CCC1)N1CCSC(C(C)C)C1.I. The predicted octanol–water partition coefficient (Wildman–Crippen LogP) is 1.97. The summed E-state index contributed by atoms with van der Waals surface area (Å²) < 4.78 is 26.8. The molecule has 0 aromatic rings. The molecular weight excluding hydrogens is 471 g/mol. The Balaban J connectivity index is 0.00000312. The van der Waals surface area contributed by atoms with Gasteiger partial charge >= 0.3 is 0 Å². The highest BCUT2D eigenvalue weighted by Crippen LogP contribution is 2.25. The first-order valence-electron chi connectivity index (χ1n) is 8.96. The fraction of sp³-hybridized carbons (Fsp3) is 0.938. The molecule has 2 fully saturated rings. The summed E-state index contributed by atoms with van der Waals surface area (Å²) in [4.78, 5) is 6.57. The highest BCUT2D eigenvalue weighted by Gasteiger charge is 2.25. The van der Waals surface area contributed by atoms with Crippen molar-refractivity contribution in [2.45, 2.75) is 38.4 Å². The minimum Gasteiger partial charge on any atom is -0.355 e. The van der Waals surface area contributed by atoms with E-state index in [1.165, 1.54) is 6.42 Å². The molecule has 1 atom stereocenters. The van der Waals surface area contributed by atoms with Gasteiger partial charge in [-0.15, -0.1) is 24.0 Å². The van der Waals surface area contributed by atoms with E-state index >= 15 is 0 Å². The van der Waals surface area contributed by atoms with Crippen molar-refractivity contribution in [3.63, 3.8) is 0 Å². The zero-order chi connectivity index (χ0) is 17.6. The second-order valence-corrected chi connectivity index (χ2v) is 10.3. The Bertz CT molecular complexity index is 524. The Hall–Kier alpha value is 0.260. The molecule has 25 heavy (non-hydrogen) atoms. The molecule has 0 bridgehead atoms. The minimum absolute atomic E-state index is 0. The van der Waals surface area contributed by atoms with Gasteiger partial charge in [0.25, 0.3) is 0 Å². The van der Waals surface area contributed by atoms with Gasteiger partial charge in [0.05, 0.1) is 5.75 Å². The smallest absolute Gasteiger partial charge is 0.213 e. The van der Waals surface area contributed by atoms with E-state index in [1.54, 1.807) is 7.05 Å². The van der Waals surface area contributed by atoms with Crippen molar-refractivity contribution < 1.29 is 8.42 Å². The Morgan fingerprint density at radius 3 is 2.64 bits per heavy atom. The quantitative estimate of drug-likeness (QED) is 0.315. The molecule has 148 valence electrons. The van der Waals surface area contributed by atoms with E-state index in [1.807, 2.05) is 11.8 Å². The lowest BCUT2D eigenvalue weighted by Crippen LogP contribution is -2.50. The van der Waals surface area contributed by atoms with E-state index in [-0.39, 0.29) is 29.7 Å². The summed E-state index contributed by atoms with van der Waals surface area (Å²) in [5.74, 6) is 3.17. The van der Waals surface area contributed by atoms with Crippen LogP contribution < -0.4 is 10.0 Å². The maximum atomic E-state index is 12.1. The van der Waals surface area contributed by atoms with Crippen LogP contribution in [0.1, 0.15) is 33.1 Å². The van der Waals surface area contributed by atoms with Crippen LogP contribution in [0.4, 0.5) is 0 Å². The van der Waals surface area contributed by atoms with Crippen LogP contribution >= 0.6 is 35.7 Å². The Kier molecular flexibility index (Phi) is 10.4. The molecule has 1 saturated heterocycles. The molecule has 2 rings (SSSR count). The predicted molar refractivity (Wildman–Crippen MR) is 119 cm³/mol. The maximum absolute atomic E-state index is 12.1. The lowest BCUT2D eigenvalue weighted by molar-refractivity contribution is 0.316. The fourth-order valence-electron chi connectivity index (χ4n) is 2.91. The highest BCUT2D eigenvalue weighted by atomic mass is 127. The van der Waals surface area contributed by atoms with E-state index in [9.17, 15) is 8.42 Å². The average Bonchev–Trinajstić information content (AvgIpc) is 2.50. The molecule has 6 nitrogen and oxygen atoms in total. The van der Waals surface area contributed by atoms with Gasteiger partial charge in [-0.05, 0) is 24.7 Å². The summed E-state index contributed by atoms with van der Waals surface area (Å²) in [6.07, 6.45) is 3.53. The number of rotatable bonds is 7. The van der Waals surface area contributed by atoms with Crippen molar-refractivity contribution >= 4 is 51.7 Å². The Morgan fingerprint density at radius 2 is 2.08 bits per heavy atom. The van der Waals surface area contributed by atoms with E-state index in [4.69, 9.17) is 0 Å². The van der Waals surface area contributed by atoms with Gasteiger partial charge in [0, 0.05) is 44.2 Å². The number of guanidine groups is 1. The van der Waals surface area contributed by atoms with Gasteiger partial charge in [-0.25, -0.2) is 13.1 Å². The zero-order valence-electron chi connectivity index (χ0n) is 15.5. The van der Waals surface area contributed by atoms with Crippen molar-refractivity contribution in [3.8, 4) is 0 Å². The van der Waals surface area contributed by atoms with Crippen LogP contribution in [-0.4, -0.2) is 69.3 Å². The highest BCUT2D eigenvalue weighted by molar-refractivity contribution is 14.0. The summed E-state index contributed by atoms with van der Waals surface area (Å²) in [6.45, 7) is 7.41. The molecule has 0 aromatic heterocycles. The third-order valence-corrected chi connectivity index (χ3v) is 7.71. The largest absolute Gasteiger partial charge is 0.355 e. The molecule has 1 saturated carbocycles. The van der Waals surface area contributed by atoms with Gasteiger partial charge in [-0.1, -0.05) is 20.3 Å². The van der Waals surface area contributed by atoms with Crippen LogP contribution in [0, 0.1) is 11.8 Å². The van der Waals surface area contributed by atoms with Crippen molar-refractivity contribution in [3.05, 3.63) is 0 Å². The number of hydrogen-bond donors (Lipinski definition) is 2. The average molecular weight is 505 g/mol. The second-order valence-electron chi connectivity index (χ2n) is 7.04. The molecule has 9 heteroatoms. The van der Waals surface area contributed by atoms with E-state index in [2.05, 4.69) is 33.8 Å². The van der Waals surface area contributed by atoms with Crippen LogP contribution in [-0.2, 0) is 10.0 Å². The molecule has 1 unspecified atom stereocenters. The monoisotopic (exact) mass is 504 g/mol. The van der Waals surface area contributed by atoms with Crippen molar-refractivity contribution in [2.24, 2.45) is 16.8 Å². The van der Waals surface area contributed by atoms with E-state index in [0.717, 1.165) is 37.6 Å². The third-order valence-electron chi connectivity index (χ3n) is 4.82. The van der Waals surface area contributed by atoms with Gasteiger partial charge in [-0.2, -0.15) is 11.8 Å². The molecule has 0 radical (unpaired) electrons. The van der Waals surface area contributed by atoms with Crippen molar-refractivity contribution in [2.75, 3.05) is 44.7 Å². The zero-order valence-corrected chi connectivity index (χ0v) is 19.5. The first-order chi connectivity index (χ1) is 11.4.